The molecule has 55 heavy (non-hydrogen) atoms. The number of allylic oxidation sites excluding steroid dienone is 16. The first kappa shape index (κ1) is 51.3. The van der Waals surface area contributed by atoms with Gasteiger partial charge in [-0.1, -0.05) is 150 Å². The molecule has 0 radical (unpaired) electrons. The van der Waals surface area contributed by atoms with Crippen LogP contribution in [0.2, 0.25) is 0 Å². The molecule has 0 rings (SSSR count). The molecule has 1 unspecified atom stereocenters. The largest absolute Gasteiger partial charge is 0.462 e. The molecule has 0 fully saturated rings. The van der Waals surface area contributed by atoms with Crippen LogP contribution in [0.4, 0.5) is 0 Å². The van der Waals surface area contributed by atoms with Gasteiger partial charge in [-0.2, -0.15) is 0 Å². The lowest BCUT2D eigenvalue weighted by atomic mass is 10.1. The molecule has 1 atom stereocenters. The second-order valence-electron chi connectivity index (χ2n) is 13.8. The smallest absolute Gasteiger partial charge is 0.306 e. The molecule has 0 aliphatic carbocycles. The van der Waals surface area contributed by atoms with E-state index in [4.69, 9.17) is 14.2 Å². The van der Waals surface area contributed by atoms with Gasteiger partial charge in [-0.15, -0.1) is 0 Å². The summed E-state index contributed by atoms with van der Waals surface area (Å²) in [4.78, 5) is 37.6. The van der Waals surface area contributed by atoms with Crippen molar-refractivity contribution in [2.75, 3.05) is 13.2 Å². The van der Waals surface area contributed by atoms with E-state index in [-0.39, 0.29) is 37.5 Å². The van der Waals surface area contributed by atoms with Gasteiger partial charge in [0.2, 0.25) is 0 Å². The van der Waals surface area contributed by atoms with Crippen LogP contribution in [-0.2, 0) is 28.6 Å². The van der Waals surface area contributed by atoms with Crippen LogP contribution in [-0.4, -0.2) is 37.2 Å². The molecule has 0 spiro atoms. The average Bonchev–Trinajstić information content (AvgIpc) is 3.18. The third-order valence-electron chi connectivity index (χ3n) is 8.57. The van der Waals surface area contributed by atoms with Gasteiger partial charge in [-0.05, 0) is 103 Å². The molecule has 6 nitrogen and oxygen atoms in total. The van der Waals surface area contributed by atoms with Gasteiger partial charge >= 0.3 is 17.9 Å². The molecule has 310 valence electrons. The highest BCUT2D eigenvalue weighted by atomic mass is 16.6. The van der Waals surface area contributed by atoms with Crippen molar-refractivity contribution in [2.24, 2.45) is 0 Å². The van der Waals surface area contributed by atoms with Crippen molar-refractivity contribution in [3.63, 3.8) is 0 Å². The van der Waals surface area contributed by atoms with Crippen LogP contribution < -0.4 is 0 Å². The molecule has 0 bridgehead atoms. The molecule has 0 amide bonds. The minimum atomic E-state index is -0.822. The molecular formula is C49H78O6. The van der Waals surface area contributed by atoms with Crippen molar-refractivity contribution in [2.45, 2.75) is 181 Å². The minimum Gasteiger partial charge on any atom is -0.462 e. The third-order valence-corrected chi connectivity index (χ3v) is 8.57. The fourth-order valence-electron chi connectivity index (χ4n) is 5.34. The van der Waals surface area contributed by atoms with Crippen molar-refractivity contribution < 1.29 is 28.6 Å². The van der Waals surface area contributed by atoms with Crippen molar-refractivity contribution >= 4 is 17.9 Å². The third kappa shape index (κ3) is 41.3. The van der Waals surface area contributed by atoms with Crippen LogP contribution in [0.25, 0.3) is 0 Å². The lowest BCUT2D eigenvalue weighted by molar-refractivity contribution is -0.166. The summed E-state index contributed by atoms with van der Waals surface area (Å²) >= 11 is 0. The summed E-state index contributed by atoms with van der Waals surface area (Å²) < 4.78 is 16.5. The Labute approximate surface area is 337 Å². The summed E-state index contributed by atoms with van der Waals surface area (Å²) in [6, 6.07) is 0. The van der Waals surface area contributed by atoms with E-state index in [9.17, 15) is 14.4 Å². The number of rotatable bonds is 37. The monoisotopic (exact) mass is 763 g/mol. The Morgan fingerprint density at radius 1 is 0.382 bits per heavy atom. The number of unbranched alkanes of at least 4 members (excludes halogenated alkanes) is 10. The first-order valence-corrected chi connectivity index (χ1v) is 21.7. The summed E-state index contributed by atoms with van der Waals surface area (Å²) in [5.41, 5.74) is 0. The SMILES string of the molecule is CC/C=C\C/C=C\C/C=C\C/C=C\C/C=C\CCC(=O)OCC(COC(=O)CCCC/C=C\C/C=C\CC)OC(=O)CCCCCCC/C=C\CCCCC. The number of ether oxygens (including phenoxy) is 3. The Hall–Kier alpha value is -3.67. The minimum absolute atomic E-state index is 0.123. The van der Waals surface area contributed by atoms with E-state index in [0.29, 0.717) is 19.3 Å². The standard InChI is InChI=1S/C49H78O6/c1-4-7-10-13-16-19-21-23-24-25-26-28-30-33-36-39-42-48(51)54-45-46(44-53-47(50)41-38-35-32-29-18-15-12-9-6-3)55-49(52)43-40-37-34-31-27-22-20-17-14-11-8-5-2/h7,9-10,12,16-20,23-24,26,28-29,33,36,46H,4-6,8,11,13-15,21-22,25,27,30-32,34-35,37-45H2,1-3H3/b10-7-,12-9-,19-16-,20-17-,24-23-,28-26-,29-18-,36-33-. The topological polar surface area (TPSA) is 78.9 Å². The molecule has 0 N–H and O–H groups in total. The van der Waals surface area contributed by atoms with Crippen molar-refractivity contribution in [1.82, 2.24) is 0 Å². The summed E-state index contributed by atoms with van der Waals surface area (Å²) in [6.07, 6.45) is 55.6. The fraction of sp³-hybridized carbons (Fsp3) is 0.612. The van der Waals surface area contributed by atoms with E-state index in [1.807, 2.05) is 12.2 Å². The van der Waals surface area contributed by atoms with Crippen LogP contribution >= 0.6 is 0 Å². The van der Waals surface area contributed by atoms with Crippen LogP contribution in [0.3, 0.4) is 0 Å². The number of hydrogen-bond acceptors (Lipinski definition) is 6. The predicted octanol–water partition coefficient (Wildman–Crippen LogP) is 13.9. The van der Waals surface area contributed by atoms with Gasteiger partial charge in [0.25, 0.3) is 0 Å². The molecule has 0 aliphatic heterocycles. The lowest BCUT2D eigenvalue weighted by Gasteiger charge is -2.18. The van der Waals surface area contributed by atoms with Gasteiger partial charge < -0.3 is 14.2 Å². The van der Waals surface area contributed by atoms with Crippen molar-refractivity contribution in [3.05, 3.63) is 97.2 Å². The van der Waals surface area contributed by atoms with E-state index in [1.54, 1.807) is 0 Å². The summed E-state index contributed by atoms with van der Waals surface area (Å²) in [5, 5.41) is 0. The number of carbonyl (C=O) groups is 3. The molecule has 0 saturated heterocycles. The molecule has 0 saturated carbocycles. The zero-order valence-corrected chi connectivity index (χ0v) is 35.1. The maximum absolute atomic E-state index is 12.7. The van der Waals surface area contributed by atoms with E-state index in [2.05, 4.69) is 106 Å². The number of esters is 3. The molecule has 0 aliphatic rings. The van der Waals surface area contributed by atoms with Crippen LogP contribution in [0.1, 0.15) is 175 Å². The fourth-order valence-corrected chi connectivity index (χ4v) is 5.34. The van der Waals surface area contributed by atoms with Crippen LogP contribution in [0, 0.1) is 0 Å². The Morgan fingerprint density at radius 3 is 1.27 bits per heavy atom. The molecule has 6 heteroatoms. The molecule has 0 aromatic rings. The molecular weight excluding hydrogens is 685 g/mol. The zero-order valence-electron chi connectivity index (χ0n) is 35.1. The van der Waals surface area contributed by atoms with Gasteiger partial charge in [0.1, 0.15) is 13.2 Å². The second-order valence-corrected chi connectivity index (χ2v) is 13.8. The van der Waals surface area contributed by atoms with Gasteiger partial charge in [-0.3, -0.25) is 14.4 Å². The quantitative estimate of drug-likeness (QED) is 0.0271. The average molecular weight is 763 g/mol. The van der Waals surface area contributed by atoms with Gasteiger partial charge in [0, 0.05) is 19.3 Å². The predicted molar refractivity (Wildman–Crippen MR) is 233 cm³/mol. The second kappa shape index (κ2) is 43.1. The highest BCUT2D eigenvalue weighted by Crippen LogP contribution is 2.11. The van der Waals surface area contributed by atoms with Crippen LogP contribution in [0.5, 0.6) is 0 Å². The maximum Gasteiger partial charge on any atom is 0.306 e. The first-order chi connectivity index (χ1) is 27.0. The van der Waals surface area contributed by atoms with Crippen molar-refractivity contribution in [3.8, 4) is 0 Å². The Kier molecular flexibility index (Phi) is 40.2. The van der Waals surface area contributed by atoms with E-state index in [0.717, 1.165) is 96.3 Å². The van der Waals surface area contributed by atoms with Gasteiger partial charge in [-0.25, -0.2) is 0 Å². The molecule has 0 aromatic heterocycles. The number of carbonyl (C=O) groups excluding carboxylic acids is 3. The van der Waals surface area contributed by atoms with Crippen LogP contribution in [0.15, 0.2) is 97.2 Å². The van der Waals surface area contributed by atoms with E-state index < -0.39 is 6.10 Å². The Balaban J connectivity index is 4.54. The van der Waals surface area contributed by atoms with Gasteiger partial charge in [0.05, 0.1) is 0 Å². The zero-order chi connectivity index (χ0) is 40.1. The van der Waals surface area contributed by atoms with E-state index >= 15 is 0 Å². The van der Waals surface area contributed by atoms with Crippen molar-refractivity contribution in [1.29, 1.82) is 0 Å². The maximum atomic E-state index is 12.7. The summed E-state index contributed by atoms with van der Waals surface area (Å²) in [6.45, 7) is 6.23. The molecule has 0 aromatic carbocycles. The van der Waals surface area contributed by atoms with E-state index in [1.165, 1.54) is 32.1 Å². The summed E-state index contributed by atoms with van der Waals surface area (Å²) in [7, 11) is 0. The van der Waals surface area contributed by atoms with Gasteiger partial charge in [0.15, 0.2) is 6.10 Å². The number of hydrogen-bond donors (Lipinski definition) is 0. The summed E-state index contributed by atoms with van der Waals surface area (Å²) in [5.74, 6) is -1.06. The highest BCUT2D eigenvalue weighted by Gasteiger charge is 2.19. The Morgan fingerprint density at radius 2 is 0.745 bits per heavy atom. The lowest BCUT2D eigenvalue weighted by Crippen LogP contribution is -2.30. The normalized spacial score (nSPS) is 13.0. The Bertz CT molecular complexity index is 1150. The molecule has 0 heterocycles. The highest BCUT2D eigenvalue weighted by molar-refractivity contribution is 5.71. The first-order valence-electron chi connectivity index (χ1n) is 21.7.